The van der Waals surface area contributed by atoms with E-state index in [0.29, 0.717) is 12.2 Å². The zero-order chi connectivity index (χ0) is 12.8. The van der Waals surface area contributed by atoms with Gasteiger partial charge in [0.15, 0.2) is 0 Å². The van der Waals surface area contributed by atoms with E-state index in [9.17, 15) is 4.79 Å². The number of carboxylic acids is 1. The maximum atomic E-state index is 10.9. The Kier molecular flexibility index (Phi) is 5.01. The molecule has 0 saturated carbocycles. The average molecular weight is 236 g/mol. The molecule has 17 heavy (non-hydrogen) atoms. The summed E-state index contributed by atoms with van der Waals surface area (Å²) in [6.07, 6.45) is 3.36. The van der Waals surface area contributed by atoms with Crippen LogP contribution < -0.4 is 4.74 Å². The molecule has 1 aromatic carbocycles. The lowest BCUT2D eigenvalue weighted by molar-refractivity contribution is 0.0696. The Hall–Kier alpha value is -1.51. The molecule has 0 unspecified atom stereocenters. The van der Waals surface area contributed by atoms with Crippen LogP contribution in [0.3, 0.4) is 0 Å². The molecule has 0 fully saturated rings. The van der Waals surface area contributed by atoms with Crippen molar-refractivity contribution in [2.75, 3.05) is 6.61 Å². The van der Waals surface area contributed by atoms with Crippen LogP contribution in [0.1, 0.15) is 47.7 Å². The van der Waals surface area contributed by atoms with Crippen LogP contribution in [0.2, 0.25) is 0 Å². The van der Waals surface area contributed by atoms with E-state index in [1.54, 1.807) is 12.1 Å². The predicted octanol–water partition coefficient (Wildman–Crippen LogP) is 3.57. The molecule has 0 spiro atoms. The van der Waals surface area contributed by atoms with E-state index in [1.807, 2.05) is 13.8 Å². The molecule has 3 nitrogen and oxygen atoms in total. The average Bonchev–Trinajstić information content (AvgIpc) is 2.26. The Balaban J connectivity index is 2.76. The number of unbranched alkanes of at least 4 members (excludes halogenated alkanes) is 2. The smallest absolute Gasteiger partial charge is 0.335 e. The van der Waals surface area contributed by atoms with Gasteiger partial charge in [-0.2, -0.15) is 0 Å². The normalized spacial score (nSPS) is 10.3. The van der Waals surface area contributed by atoms with E-state index in [0.717, 1.165) is 29.7 Å². The topological polar surface area (TPSA) is 46.5 Å². The van der Waals surface area contributed by atoms with Crippen molar-refractivity contribution in [2.45, 2.75) is 40.0 Å². The molecule has 0 radical (unpaired) electrons. The second-order valence-electron chi connectivity index (χ2n) is 4.30. The SMILES string of the molecule is CCCCCOc1c(C)cc(C(=O)O)cc1C. The molecule has 0 amide bonds. The molecular formula is C14H20O3. The quantitative estimate of drug-likeness (QED) is 0.768. The molecule has 0 aliphatic rings. The number of ether oxygens (including phenoxy) is 1. The Morgan fingerprint density at radius 1 is 1.24 bits per heavy atom. The summed E-state index contributed by atoms with van der Waals surface area (Å²) in [6.45, 7) is 6.61. The van der Waals surface area contributed by atoms with Crippen molar-refractivity contribution in [1.82, 2.24) is 0 Å². The molecule has 3 heteroatoms. The molecule has 94 valence electrons. The summed E-state index contributed by atoms with van der Waals surface area (Å²) in [4.78, 5) is 10.9. The van der Waals surface area contributed by atoms with Crippen LogP contribution in [0.4, 0.5) is 0 Å². The third-order valence-electron chi connectivity index (χ3n) is 2.70. The van der Waals surface area contributed by atoms with Crippen LogP contribution in [0.25, 0.3) is 0 Å². The summed E-state index contributed by atoms with van der Waals surface area (Å²) in [5.74, 6) is -0.0696. The van der Waals surface area contributed by atoms with Gasteiger partial charge >= 0.3 is 5.97 Å². The van der Waals surface area contributed by atoms with E-state index in [-0.39, 0.29) is 0 Å². The minimum atomic E-state index is -0.895. The summed E-state index contributed by atoms with van der Waals surface area (Å²) >= 11 is 0. The Bertz CT molecular complexity index is 373. The molecule has 1 aromatic rings. The number of aryl methyl sites for hydroxylation is 2. The van der Waals surface area contributed by atoms with Gasteiger partial charge in [0.1, 0.15) is 5.75 Å². The minimum absolute atomic E-state index is 0.320. The first kappa shape index (κ1) is 13.6. The van der Waals surface area contributed by atoms with Crippen molar-refractivity contribution in [3.63, 3.8) is 0 Å². The fourth-order valence-corrected chi connectivity index (χ4v) is 1.83. The zero-order valence-electron chi connectivity index (χ0n) is 10.7. The molecule has 0 heterocycles. The monoisotopic (exact) mass is 236 g/mol. The Morgan fingerprint density at radius 3 is 2.29 bits per heavy atom. The first-order valence-corrected chi connectivity index (χ1v) is 6.03. The van der Waals surface area contributed by atoms with Crippen LogP contribution >= 0.6 is 0 Å². The van der Waals surface area contributed by atoms with E-state index in [4.69, 9.17) is 9.84 Å². The lowest BCUT2D eigenvalue weighted by atomic mass is 10.1. The maximum Gasteiger partial charge on any atom is 0.335 e. The van der Waals surface area contributed by atoms with Crippen LogP contribution in [-0.2, 0) is 0 Å². The van der Waals surface area contributed by atoms with Crippen molar-refractivity contribution < 1.29 is 14.6 Å². The minimum Gasteiger partial charge on any atom is -0.493 e. The molecule has 1 N–H and O–H groups in total. The molecular weight excluding hydrogens is 216 g/mol. The van der Waals surface area contributed by atoms with Gasteiger partial charge < -0.3 is 9.84 Å². The summed E-state index contributed by atoms with van der Waals surface area (Å²) < 4.78 is 5.71. The van der Waals surface area contributed by atoms with Gasteiger partial charge in [0.2, 0.25) is 0 Å². The number of carboxylic acid groups (broad SMARTS) is 1. The first-order chi connectivity index (χ1) is 8.06. The molecule has 0 bridgehead atoms. The van der Waals surface area contributed by atoms with Gasteiger partial charge in [0, 0.05) is 0 Å². The fourth-order valence-electron chi connectivity index (χ4n) is 1.83. The highest BCUT2D eigenvalue weighted by atomic mass is 16.5. The molecule has 1 rings (SSSR count). The maximum absolute atomic E-state index is 10.9. The molecule has 0 saturated heterocycles. The van der Waals surface area contributed by atoms with Crippen molar-refractivity contribution >= 4 is 5.97 Å². The molecule has 0 aliphatic carbocycles. The number of hydrogen-bond donors (Lipinski definition) is 1. The third kappa shape index (κ3) is 3.77. The van der Waals surface area contributed by atoms with Crippen LogP contribution in [0.5, 0.6) is 5.75 Å². The highest BCUT2D eigenvalue weighted by molar-refractivity contribution is 5.88. The number of rotatable bonds is 6. The largest absolute Gasteiger partial charge is 0.493 e. The standard InChI is InChI=1S/C14H20O3/c1-4-5-6-7-17-13-10(2)8-12(14(15)16)9-11(13)3/h8-9H,4-7H2,1-3H3,(H,15,16). The number of benzene rings is 1. The molecule has 0 aromatic heterocycles. The van der Waals surface area contributed by atoms with Crippen LogP contribution in [0, 0.1) is 13.8 Å². The van der Waals surface area contributed by atoms with Crippen molar-refractivity contribution in [3.05, 3.63) is 28.8 Å². The third-order valence-corrected chi connectivity index (χ3v) is 2.70. The van der Waals surface area contributed by atoms with Gasteiger partial charge in [0.25, 0.3) is 0 Å². The highest BCUT2D eigenvalue weighted by Gasteiger charge is 2.10. The predicted molar refractivity (Wildman–Crippen MR) is 67.9 cm³/mol. The fraction of sp³-hybridized carbons (Fsp3) is 0.500. The van der Waals surface area contributed by atoms with Crippen LogP contribution in [0.15, 0.2) is 12.1 Å². The van der Waals surface area contributed by atoms with Gasteiger partial charge in [-0.05, 0) is 43.5 Å². The summed E-state index contributed by atoms with van der Waals surface area (Å²) in [5, 5.41) is 8.93. The van der Waals surface area contributed by atoms with Crippen molar-refractivity contribution in [3.8, 4) is 5.75 Å². The lowest BCUT2D eigenvalue weighted by Gasteiger charge is -2.12. The zero-order valence-corrected chi connectivity index (χ0v) is 10.7. The Morgan fingerprint density at radius 2 is 1.82 bits per heavy atom. The van der Waals surface area contributed by atoms with Crippen molar-refractivity contribution in [2.24, 2.45) is 0 Å². The van der Waals surface area contributed by atoms with Gasteiger partial charge in [-0.25, -0.2) is 4.79 Å². The van der Waals surface area contributed by atoms with Gasteiger partial charge in [-0.1, -0.05) is 19.8 Å². The second-order valence-corrected chi connectivity index (χ2v) is 4.30. The molecule has 0 atom stereocenters. The van der Waals surface area contributed by atoms with Gasteiger partial charge in [0.05, 0.1) is 12.2 Å². The summed E-state index contributed by atoms with van der Waals surface area (Å²) in [6, 6.07) is 3.31. The van der Waals surface area contributed by atoms with Gasteiger partial charge in [-0.15, -0.1) is 0 Å². The lowest BCUT2D eigenvalue weighted by Crippen LogP contribution is -2.03. The van der Waals surface area contributed by atoms with E-state index in [1.165, 1.54) is 6.42 Å². The number of hydrogen-bond acceptors (Lipinski definition) is 2. The number of aromatic carboxylic acids is 1. The summed E-state index contributed by atoms with van der Waals surface area (Å²) in [5.41, 5.74) is 2.10. The van der Waals surface area contributed by atoms with E-state index >= 15 is 0 Å². The van der Waals surface area contributed by atoms with Crippen molar-refractivity contribution in [1.29, 1.82) is 0 Å². The van der Waals surface area contributed by atoms with E-state index in [2.05, 4.69) is 6.92 Å². The van der Waals surface area contributed by atoms with Crippen LogP contribution in [-0.4, -0.2) is 17.7 Å². The molecule has 0 aliphatic heterocycles. The van der Waals surface area contributed by atoms with E-state index < -0.39 is 5.97 Å². The first-order valence-electron chi connectivity index (χ1n) is 6.03. The second kappa shape index (κ2) is 6.28. The number of carbonyl (C=O) groups is 1. The summed E-state index contributed by atoms with van der Waals surface area (Å²) in [7, 11) is 0. The van der Waals surface area contributed by atoms with Gasteiger partial charge in [-0.3, -0.25) is 0 Å². The highest BCUT2D eigenvalue weighted by Crippen LogP contribution is 2.25. The Labute approximate surface area is 102 Å².